The number of benzene rings is 4. The number of carbonyl (C=O) groups excluding carboxylic acids is 4. The summed E-state index contributed by atoms with van der Waals surface area (Å²) in [5, 5.41) is 13.4. The molecule has 0 amide bonds. The zero-order chi connectivity index (χ0) is 76.4. The van der Waals surface area contributed by atoms with E-state index in [0.717, 1.165) is 165 Å². The highest BCUT2D eigenvalue weighted by atomic mass is 35.5. The quantitative estimate of drug-likeness (QED) is 0.0720. The van der Waals surface area contributed by atoms with Gasteiger partial charge in [-0.3, -0.25) is 42.3 Å². The van der Waals surface area contributed by atoms with Crippen molar-refractivity contribution in [1.29, 1.82) is 0 Å². The summed E-state index contributed by atoms with van der Waals surface area (Å²) in [7, 11) is 3.36. The van der Waals surface area contributed by atoms with E-state index in [4.69, 9.17) is 31.8 Å². The Balaban J connectivity index is 0.000000147. The van der Waals surface area contributed by atoms with Crippen LogP contribution in [-0.4, -0.2) is 163 Å². The third-order valence-electron chi connectivity index (χ3n) is 21.9. The van der Waals surface area contributed by atoms with Crippen LogP contribution in [0.25, 0.3) is 56.1 Å². The molecule has 0 bridgehead atoms. The lowest BCUT2D eigenvalue weighted by atomic mass is 9.92. The maximum absolute atomic E-state index is 14.1. The minimum absolute atomic E-state index is 0. The number of ketones is 4. The topological polar surface area (TPSA) is 237 Å². The molecule has 12 heterocycles. The Hall–Kier alpha value is -11.7. The summed E-state index contributed by atoms with van der Waals surface area (Å²) in [6, 6.07) is 43.9. The molecule has 2 aliphatic carbocycles. The fourth-order valence-corrected chi connectivity index (χ4v) is 16.5. The van der Waals surface area contributed by atoms with Crippen LogP contribution >= 0.6 is 24.0 Å². The number of hydrogen-bond donors (Lipinski definition) is 1. The molecule has 28 heteroatoms. The monoisotopic (exact) mass is 1550 g/mol. The van der Waals surface area contributed by atoms with Crippen molar-refractivity contribution in [1.82, 2.24) is 67.6 Å². The first-order chi connectivity index (χ1) is 54.1. The molecule has 4 saturated heterocycles. The van der Waals surface area contributed by atoms with Gasteiger partial charge in [-0.1, -0.05) is 72.2 Å². The first-order valence-electron chi connectivity index (χ1n) is 37.8. The zero-order valence-electron chi connectivity index (χ0n) is 62.0. The molecule has 1 N–H and O–H groups in total. The van der Waals surface area contributed by atoms with Crippen LogP contribution in [0, 0.1) is 35.3 Å². The Kier molecular flexibility index (Phi) is 22.4. The molecule has 112 heavy (non-hydrogen) atoms. The molecule has 18 rings (SSSR count). The number of halogens is 4. The van der Waals surface area contributed by atoms with E-state index >= 15 is 0 Å². The number of hydrogen-bond acceptors (Lipinski definition) is 18. The SMILES string of the molecule is Cl.Cn1c(=O)n(C2CCC(=O)CC2=O)c2cccc(C#CCCl)c21.Cn1c(=O)n(C2CCC(=O)CC2=O)c2cccc(C#CCN3CCN(c4cccc(-c5cnc6ccc(N7CCC[C@@H]7c7cccc(F)c7)nn56)n4)CC3)c21.Fc1cccc([C@H]2CCCN2c2ccc3ncc(-c4cccc(N5CCNCC5)n4)n3n2)c1. The lowest BCUT2D eigenvalue weighted by Crippen LogP contribution is -2.46. The normalized spacial score (nSPS) is 18.8. The van der Waals surface area contributed by atoms with Crippen molar-refractivity contribution in [2.45, 2.75) is 88.4 Å². The number of nitrogens with zero attached hydrogens (tertiary/aromatic N) is 17. The van der Waals surface area contributed by atoms with Gasteiger partial charge in [0.15, 0.2) is 22.9 Å². The van der Waals surface area contributed by atoms with Gasteiger partial charge in [-0.25, -0.2) is 47.3 Å². The Morgan fingerprint density at radius 2 is 0.946 bits per heavy atom. The third-order valence-corrected chi connectivity index (χ3v) is 22.0. The molecule has 4 aliphatic heterocycles. The number of rotatable bonds is 11. The summed E-state index contributed by atoms with van der Waals surface area (Å²) in [5.74, 6) is 15.1. The Labute approximate surface area is 655 Å². The molecular weight excluding hydrogens is 1470 g/mol. The summed E-state index contributed by atoms with van der Waals surface area (Å²) in [5.41, 5.74) is 10.4. The van der Waals surface area contributed by atoms with E-state index in [0.29, 0.717) is 59.9 Å². The second-order valence-electron chi connectivity index (χ2n) is 28.8. The zero-order valence-corrected chi connectivity index (χ0v) is 63.5. The number of aryl methyl sites for hydroxylation is 2. The summed E-state index contributed by atoms with van der Waals surface area (Å²) in [6.07, 6.45) is 8.74. The number of carbonyl (C=O) groups is 4. The van der Waals surface area contributed by atoms with Gasteiger partial charge < -0.3 is 24.9 Å². The van der Waals surface area contributed by atoms with E-state index in [1.54, 1.807) is 59.6 Å². The molecule has 572 valence electrons. The summed E-state index contributed by atoms with van der Waals surface area (Å²) < 4.78 is 37.8. The van der Waals surface area contributed by atoms with Crippen LogP contribution in [-0.2, 0) is 33.3 Å². The fourth-order valence-electron chi connectivity index (χ4n) is 16.4. The number of piperazine rings is 2. The molecule has 0 spiro atoms. The van der Waals surface area contributed by atoms with E-state index in [1.807, 2.05) is 112 Å². The van der Waals surface area contributed by atoms with Crippen LogP contribution in [0.15, 0.2) is 168 Å². The van der Waals surface area contributed by atoms with Crippen LogP contribution in [0.3, 0.4) is 0 Å². The van der Waals surface area contributed by atoms with Gasteiger partial charge in [0.2, 0.25) is 0 Å². The van der Waals surface area contributed by atoms with Gasteiger partial charge >= 0.3 is 11.4 Å². The highest BCUT2D eigenvalue weighted by molar-refractivity contribution is 6.19. The highest BCUT2D eigenvalue weighted by Gasteiger charge is 2.35. The van der Waals surface area contributed by atoms with Crippen molar-refractivity contribution in [2.75, 3.05) is 97.5 Å². The summed E-state index contributed by atoms with van der Waals surface area (Å²) in [6.45, 7) is 9.33. The van der Waals surface area contributed by atoms with Crippen molar-refractivity contribution >= 4 is 104 Å². The number of anilines is 4. The van der Waals surface area contributed by atoms with E-state index in [2.05, 4.69) is 69.5 Å². The molecule has 6 fully saturated rings. The van der Waals surface area contributed by atoms with Crippen molar-refractivity contribution < 1.29 is 28.0 Å². The van der Waals surface area contributed by atoms with Crippen LogP contribution in [0.1, 0.15) is 111 Å². The molecule has 2 saturated carbocycles. The average Bonchev–Trinajstić information content (AvgIpc) is 1.60. The third kappa shape index (κ3) is 15.3. The predicted molar refractivity (Wildman–Crippen MR) is 429 cm³/mol. The number of fused-ring (bicyclic) bond motifs is 4. The number of nitrogens with one attached hydrogen (secondary N) is 1. The standard InChI is InChI=1S/C42H40FN9O3.C25H26FN7.C17H15ClN2O3.ClH/c1-47-41-28(7-3-12-35(41)51(42(47)55)34-16-15-31(53)26-37(34)54)9-5-19-48-21-23-49(24-22-48)39-14-4-11-32(45-39)36-27-44-38-17-18-40(46-52(36)38)50-20-6-13-33(50)29-8-2-10-30(43)25-29;26-19-5-1-4-18(16-19)21-7-3-13-32(21)25-10-9-23-28-17-22(33(23)30-25)20-6-2-8-24(29-20)31-14-11-27-12-15-31;1-19-16-11(5-3-9-18)4-2-6-14(16)20(17(19)23)13-8-7-12(21)10-15(13)22;/h2-4,7-8,10-12,14,17-18,25,27,33-34H,6,13,15-16,19-24,26H2,1H3;1-2,4-6,8-10,16-17,21,27H,3,7,11-15H2;2,4,6,13H,7-10H2,1H3;1H/t33-,34?;21-;;/m11../s1. The molecule has 2 unspecified atom stereocenters. The lowest BCUT2D eigenvalue weighted by Gasteiger charge is -2.34. The Bertz CT molecular complexity index is 5870. The predicted octanol–water partition coefficient (Wildman–Crippen LogP) is 10.9. The number of aromatic nitrogens is 12. The lowest BCUT2D eigenvalue weighted by molar-refractivity contribution is -0.133. The van der Waals surface area contributed by atoms with Crippen molar-refractivity contribution in [3.05, 3.63) is 213 Å². The van der Waals surface area contributed by atoms with Crippen molar-refractivity contribution in [3.8, 4) is 46.5 Å². The number of pyridine rings is 2. The molecule has 4 aromatic carbocycles. The maximum atomic E-state index is 14.1. The highest BCUT2D eigenvalue weighted by Crippen LogP contribution is 2.39. The van der Waals surface area contributed by atoms with Crippen molar-refractivity contribution in [2.24, 2.45) is 14.1 Å². The summed E-state index contributed by atoms with van der Waals surface area (Å²) in [4.78, 5) is 105. The molecule has 8 aromatic heterocycles. The van der Waals surface area contributed by atoms with Gasteiger partial charge in [-0.2, -0.15) is 0 Å². The van der Waals surface area contributed by atoms with E-state index in [-0.39, 0.29) is 89.4 Å². The number of para-hydroxylation sites is 2. The van der Waals surface area contributed by atoms with Gasteiger partial charge in [-0.05, 0) is 147 Å². The van der Waals surface area contributed by atoms with Gasteiger partial charge in [-0.15, -0.1) is 34.2 Å². The van der Waals surface area contributed by atoms with Gasteiger partial charge in [0.1, 0.15) is 57.9 Å². The van der Waals surface area contributed by atoms with Crippen LogP contribution in [0.4, 0.5) is 32.1 Å². The largest absolute Gasteiger partial charge is 0.354 e. The average molecular weight is 1550 g/mol. The minimum Gasteiger partial charge on any atom is -0.354 e. The van der Waals surface area contributed by atoms with Gasteiger partial charge in [0.25, 0.3) is 0 Å². The Morgan fingerprint density at radius 3 is 1.41 bits per heavy atom. The van der Waals surface area contributed by atoms with E-state index in [1.165, 1.54) is 21.3 Å². The van der Waals surface area contributed by atoms with Gasteiger partial charge in [0.05, 0.1) is 106 Å². The molecular formula is C84H82Cl2F2N18O6. The molecule has 6 aliphatic rings. The fraction of sp³-hybridized carbons (Fsp3) is 0.333. The van der Waals surface area contributed by atoms with Gasteiger partial charge in [0, 0.05) is 92.4 Å². The smallest absolute Gasteiger partial charge is 0.329 e. The summed E-state index contributed by atoms with van der Waals surface area (Å²) >= 11 is 5.61. The first kappa shape index (κ1) is 75.7. The molecule has 12 aromatic rings. The van der Waals surface area contributed by atoms with E-state index in [9.17, 15) is 37.5 Å². The van der Waals surface area contributed by atoms with Crippen LogP contribution in [0.2, 0.25) is 0 Å². The second-order valence-corrected chi connectivity index (χ2v) is 29.0. The number of imidazole rings is 4. The van der Waals surface area contributed by atoms with Crippen molar-refractivity contribution in [3.63, 3.8) is 0 Å². The van der Waals surface area contributed by atoms with E-state index < -0.39 is 12.1 Å². The van der Waals surface area contributed by atoms with Crippen LogP contribution < -0.4 is 36.3 Å². The molecule has 0 radical (unpaired) electrons. The molecule has 24 nitrogen and oxygen atoms in total. The number of Topliss-reactive ketones (excluding diaryl/α,β-unsaturated/α-hetero) is 4. The Morgan fingerprint density at radius 1 is 0.491 bits per heavy atom. The second kappa shape index (κ2) is 33.1. The van der Waals surface area contributed by atoms with Crippen LogP contribution in [0.5, 0.6) is 0 Å². The maximum Gasteiger partial charge on any atom is 0.329 e. The molecule has 4 atom stereocenters. The number of alkyl halides is 1. The first-order valence-corrected chi connectivity index (χ1v) is 38.3. The minimum atomic E-state index is -0.630.